The molecule has 2 amide bonds. The number of carbonyl (C=O) groups excluding carboxylic acids is 2. The highest BCUT2D eigenvalue weighted by Gasteiger charge is 2.35. The summed E-state index contributed by atoms with van der Waals surface area (Å²) in [5, 5.41) is 14.2. The second-order valence-corrected chi connectivity index (χ2v) is 8.12. The van der Waals surface area contributed by atoms with Crippen molar-refractivity contribution in [3.05, 3.63) is 52.1 Å². The molecule has 0 aliphatic carbocycles. The van der Waals surface area contributed by atoms with Crippen molar-refractivity contribution in [3.63, 3.8) is 0 Å². The highest BCUT2D eigenvalue weighted by atomic mass is 32.2. The monoisotopic (exact) mass is 459 g/mol. The molecule has 1 fully saturated rings. The van der Waals surface area contributed by atoms with E-state index < -0.39 is 10.8 Å². The number of hydrogen-bond acceptors (Lipinski definition) is 7. The lowest BCUT2D eigenvalue weighted by atomic mass is 10.1. The summed E-state index contributed by atoms with van der Waals surface area (Å²) in [4.78, 5) is 38.7. The lowest BCUT2D eigenvalue weighted by Crippen LogP contribution is -2.34. The van der Waals surface area contributed by atoms with Crippen LogP contribution in [0.2, 0.25) is 0 Å². The Bertz CT molecular complexity index is 1030. The SMILES string of the molecule is COc1cc(CCNC(=O)[C@H]2CC(=O)N(c3cccc(SC)c3)C2)c([N+](=O)[O-])cc1OC. The third-order valence-electron chi connectivity index (χ3n) is 5.34. The standard InChI is InChI=1S/C22H25N3O6S/c1-30-19-9-14(18(25(28)29)12-20(19)31-2)7-8-23-22(27)15-10-21(26)24(13-15)16-5-4-6-17(11-16)32-3/h4-6,9,11-12,15H,7-8,10,13H2,1-3H3,(H,23,27)/t15-/m0/s1. The molecule has 0 unspecified atom stereocenters. The summed E-state index contributed by atoms with van der Waals surface area (Å²) in [6.07, 6.45) is 2.33. The summed E-state index contributed by atoms with van der Waals surface area (Å²) < 4.78 is 10.3. The maximum atomic E-state index is 12.7. The number of amides is 2. The minimum Gasteiger partial charge on any atom is -0.493 e. The molecule has 1 saturated heterocycles. The van der Waals surface area contributed by atoms with Crippen molar-refractivity contribution in [1.82, 2.24) is 5.32 Å². The first-order valence-electron chi connectivity index (χ1n) is 9.99. The van der Waals surface area contributed by atoms with Crippen LogP contribution in [0.3, 0.4) is 0 Å². The average molecular weight is 460 g/mol. The predicted molar refractivity (Wildman–Crippen MR) is 122 cm³/mol. The molecule has 170 valence electrons. The molecule has 1 N–H and O–H groups in total. The molecule has 1 aliphatic rings. The van der Waals surface area contributed by atoms with E-state index >= 15 is 0 Å². The summed E-state index contributed by atoms with van der Waals surface area (Å²) in [5.74, 6) is -0.171. The predicted octanol–water partition coefficient (Wildman–Crippen LogP) is 3.05. The van der Waals surface area contributed by atoms with Gasteiger partial charge < -0.3 is 19.7 Å². The molecule has 2 aromatic carbocycles. The Morgan fingerprint density at radius 2 is 1.97 bits per heavy atom. The number of methoxy groups -OCH3 is 2. The van der Waals surface area contributed by atoms with Gasteiger partial charge in [0.1, 0.15) is 0 Å². The zero-order valence-corrected chi connectivity index (χ0v) is 18.9. The molecule has 32 heavy (non-hydrogen) atoms. The number of anilines is 1. The van der Waals surface area contributed by atoms with Crippen LogP contribution in [0.5, 0.6) is 11.5 Å². The largest absolute Gasteiger partial charge is 0.493 e. The van der Waals surface area contributed by atoms with Crippen molar-refractivity contribution in [2.45, 2.75) is 17.7 Å². The highest BCUT2D eigenvalue weighted by molar-refractivity contribution is 7.98. The van der Waals surface area contributed by atoms with Gasteiger partial charge in [0, 0.05) is 35.7 Å². The molecule has 10 heteroatoms. The van der Waals surface area contributed by atoms with Crippen LogP contribution in [-0.4, -0.2) is 50.3 Å². The molecule has 0 radical (unpaired) electrons. The summed E-state index contributed by atoms with van der Waals surface area (Å²) in [6, 6.07) is 10.5. The lowest BCUT2D eigenvalue weighted by Gasteiger charge is -2.17. The van der Waals surface area contributed by atoms with E-state index in [1.165, 1.54) is 20.3 Å². The Balaban J connectivity index is 1.63. The molecule has 0 aromatic heterocycles. The van der Waals surface area contributed by atoms with Gasteiger partial charge in [0.05, 0.1) is 31.1 Å². The fraction of sp³-hybridized carbons (Fsp3) is 0.364. The van der Waals surface area contributed by atoms with Crippen LogP contribution < -0.4 is 19.7 Å². The van der Waals surface area contributed by atoms with E-state index in [2.05, 4.69) is 5.32 Å². The van der Waals surface area contributed by atoms with E-state index in [0.29, 0.717) is 17.9 Å². The van der Waals surface area contributed by atoms with Gasteiger partial charge >= 0.3 is 0 Å². The van der Waals surface area contributed by atoms with Crippen molar-refractivity contribution in [1.29, 1.82) is 0 Å². The first-order valence-corrected chi connectivity index (χ1v) is 11.2. The lowest BCUT2D eigenvalue weighted by molar-refractivity contribution is -0.385. The second-order valence-electron chi connectivity index (χ2n) is 7.24. The van der Waals surface area contributed by atoms with Crippen molar-refractivity contribution >= 4 is 35.0 Å². The van der Waals surface area contributed by atoms with Gasteiger partial charge in [-0.3, -0.25) is 19.7 Å². The number of nitrogens with one attached hydrogen (secondary N) is 1. The Labute approximate surface area is 190 Å². The molecule has 1 heterocycles. The zero-order valence-electron chi connectivity index (χ0n) is 18.1. The van der Waals surface area contributed by atoms with Gasteiger partial charge in [0.25, 0.3) is 5.69 Å². The molecule has 9 nitrogen and oxygen atoms in total. The molecular formula is C22H25N3O6S. The Hall–Kier alpha value is -3.27. The molecule has 0 spiro atoms. The van der Waals surface area contributed by atoms with E-state index in [-0.39, 0.29) is 42.6 Å². The maximum absolute atomic E-state index is 12.7. The van der Waals surface area contributed by atoms with Crippen LogP contribution >= 0.6 is 11.8 Å². The number of nitro benzene ring substituents is 1. The third kappa shape index (κ3) is 5.13. The first kappa shape index (κ1) is 23.4. The summed E-state index contributed by atoms with van der Waals surface area (Å²) in [5.41, 5.74) is 1.09. The molecule has 3 rings (SSSR count). The van der Waals surface area contributed by atoms with Gasteiger partial charge in [-0.05, 0) is 36.9 Å². The van der Waals surface area contributed by atoms with Crippen LogP contribution in [0.15, 0.2) is 41.3 Å². The van der Waals surface area contributed by atoms with Crippen LogP contribution in [0, 0.1) is 16.0 Å². The summed E-state index contributed by atoms with van der Waals surface area (Å²) in [6.45, 7) is 0.501. The van der Waals surface area contributed by atoms with Gasteiger partial charge in [-0.25, -0.2) is 0 Å². The Morgan fingerprint density at radius 3 is 2.62 bits per heavy atom. The Kier molecular flexibility index (Phi) is 7.57. The number of rotatable bonds is 9. The number of thioether (sulfide) groups is 1. The van der Waals surface area contributed by atoms with E-state index in [1.54, 1.807) is 22.7 Å². The molecule has 1 atom stereocenters. The number of nitro groups is 1. The van der Waals surface area contributed by atoms with Gasteiger partial charge in [0.2, 0.25) is 11.8 Å². The van der Waals surface area contributed by atoms with Crippen LogP contribution in [0.4, 0.5) is 11.4 Å². The number of ether oxygens (including phenoxy) is 2. The summed E-state index contributed by atoms with van der Waals surface area (Å²) >= 11 is 1.59. The molecule has 2 aromatic rings. The van der Waals surface area contributed by atoms with Gasteiger partial charge in [-0.15, -0.1) is 11.8 Å². The zero-order chi connectivity index (χ0) is 23.3. The normalized spacial score (nSPS) is 15.5. The second kappa shape index (κ2) is 10.4. The molecule has 0 saturated carbocycles. The third-order valence-corrected chi connectivity index (χ3v) is 6.06. The quantitative estimate of drug-likeness (QED) is 0.349. The van der Waals surface area contributed by atoms with Crippen molar-refractivity contribution < 1.29 is 24.0 Å². The fourth-order valence-corrected chi connectivity index (χ4v) is 4.11. The minimum absolute atomic E-state index is 0.0982. The van der Waals surface area contributed by atoms with E-state index in [1.807, 2.05) is 30.5 Å². The van der Waals surface area contributed by atoms with Crippen LogP contribution in [0.25, 0.3) is 0 Å². The minimum atomic E-state index is -0.491. The number of nitrogens with zero attached hydrogens (tertiary/aromatic N) is 2. The van der Waals surface area contributed by atoms with E-state index in [9.17, 15) is 19.7 Å². The number of carbonyl (C=O) groups is 2. The van der Waals surface area contributed by atoms with Gasteiger partial charge in [-0.1, -0.05) is 6.07 Å². The number of benzene rings is 2. The first-order chi connectivity index (χ1) is 15.4. The fourth-order valence-electron chi connectivity index (χ4n) is 3.66. The van der Waals surface area contributed by atoms with Gasteiger partial charge in [-0.2, -0.15) is 0 Å². The van der Waals surface area contributed by atoms with Crippen LogP contribution in [-0.2, 0) is 16.0 Å². The van der Waals surface area contributed by atoms with E-state index in [0.717, 1.165) is 10.6 Å². The Morgan fingerprint density at radius 1 is 1.25 bits per heavy atom. The molecule has 0 bridgehead atoms. The van der Waals surface area contributed by atoms with Gasteiger partial charge in [0.15, 0.2) is 11.5 Å². The molecule has 1 aliphatic heterocycles. The van der Waals surface area contributed by atoms with Crippen molar-refractivity contribution in [3.8, 4) is 11.5 Å². The topological polar surface area (TPSA) is 111 Å². The average Bonchev–Trinajstić information content (AvgIpc) is 3.20. The van der Waals surface area contributed by atoms with Crippen molar-refractivity contribution in [2.75, 3.05) is 38.5 Å². The van der Waals surface area contributed by atoms with E-state index in [4.69, 9.17) is 9.47 Å². The smallest absolute Gasteiger partial charge is 0.276 e. The van der Waals surface area contributed by atoms with Crippen molar-refractivity contribution in [2.24, 2.45) is 5.92 Å². The highest BCUT2D eigenvalue weighted by Crippen LogP contribution is 2.34. The van der Waals surface area contributed by atoms with Crippen LogP contribution in [0.1, 0.15) is 12.0 Å². The maximum Gasteiger partial charge on any atom is 0.276 e. The molecular weight excluding hydrogens is 434 g/mol. The summed E-state index contributed by atoms with van der Waals surface area (Å²) in [7, 11) is 2.86. The number of hydrogen-bond donors (Lipinski definition) is 1.